The molecule has 98 valence electrons. The molecule has 1 aliphatic heterocycles. The first-order chi connectivity index (χ1) is 8.13. The molecular weight excluding hydrogens is 212 g/mol. The van der Waals surface area contributed by atoms with Gasteiger partial charge in [-0.25, -0.2) is 0 Å². The Balaban J connectivity index is 1.60. The van der Waals surface area contributed by atoms with Gasteiger partial charge in [-0.15, -0.1) is 0 Å². The number of ether oxygens (including phenoxy) is 1. The van der Waals surface area contributed by atoms with E-state index in [0.29, 0.717) is 12.2 Å². The molecule has 1 saturated carbocycles. The lowest BCUT2D eigenvalue weighted by Gasteiger charge is -2.21. The van der Waals surface area contributed by atoms with E-state index in [9.17, 15) is 0 Å². The second-order valence-electron chi connectivity index (χ2n) is 5.79. The van der Waals surface area contributed by atoms with Gasteiger partial charge in [0.25, 0.3) is 0 Å². The zero-order chi connectivity index (χ0) is 12.3. The van der Waals surface area contributed by atoms with E-state index in [1.165, 1.54) is 31.3 Å². The molecule has 17 heavy (non-hydrogen) atoms. The minimum atomic E-state index is 0.422. The lowest BCUT2D eigenvalue weighted by molar-refractivity contribution is 0.0291. The van der Waals surface area contributed by atoms with E-state index in [0.717, 1.165) is 25.7 Å². The maximum absolute atomic E-state index is 6.06. The van der Waals surface area contributed by atoms with Crippen molar-refractivity contribution in [1.29, 1.82) is 0 Å². The predicted molar refractivity (Wildman–Crippen MR) is 71.2 cm³/mol. The number of hydrogen-bond acceptors (Lipinski definition) is 3. The summed E-state index contributed by atoms with van der Waals surface area (Å²) < 4.78 is 6.06. The summed E-state index contributed by atoms with van der Waals surface area (Å²) in [7, 11) is 2.15. The summed E-state index contributed by atoms with van der Waals surface area (Å²) in [5, 5.41) is 3.55. The third kappa shape index (κ3) is 4.78. The molecule has 2 unspecified atom stereocenters. The van der Waals surface area contributed by atoms with Gasteiger partial charge in [0.1, 0.15) is 0 Å². The zero-order valence-electron chi connectivity index (χ0n) is 11.2. The zero-order valence-corrected chi connectivity index (χ0v) is 11.2. The maximum Gasteiger partial charge on any atom is 0.0707 e. The highest BCUT2D eigenvalue weighted by Crippen LogP contribution is 2.23. The van der Waals surface area contributed by atoms with E-state index >= 15 is 0 Å². The van der Waals surface area contributed by atoms with E-state index in [4.69, 9.17) is 4.74 Å². The molecule has 0 aromatic heterocycles. The highest BCUT2D eigenvalue weighted by Gasteiger charge is 2.28. The van der Waals surface area contributed by atoms with Gasteiger partial charge in [-0.3, -0.25) is 4.90 Å². The molecule has 3 heteroatoms. The highest BCUT2D eigenvalue weighted by atomic mass is 16.5. The van der Waals surface area contributed by atoms with Gasteiger partial charge < -0.3 is 10.1 Å². The van der Waals surface area contributed by atoms with Crippen LogP contribution in [0.5, 0.6) is 0 Å². The first kappa shape index (κ1) is 13.1. The van der Waals surface area contributed by atoms with Crippen LogP contribution in [0, 0.1) is 0 Å². The molecule has 0 aromatic rings. The molecule has 0 spiro atoms. The molecule has 2 atom stereocenters. The number of likely N-dealkylation sites (N-methyl/N-ethyl adjacent to an activating group) is 1. The second kappa shape index (κ2) is 5.98. The summed E-state index contributed by atoms with van der Waals surface area (Å²) in [6.07, 6.45) is 6.00. The van der Waals surface area contributed by atoms with Gasteiger partial charge in [0.15, 0.2) is 0 Å². The summed E-state index contributed by atoms with van der Waals surface area (Å²) in [6, 6.07) is 0.795. The van der Waals surface area contributed by atoms with Crippen molar-refractivity contribution in [2.24, 2.45) is 0 Å². The minimum Gasteiger partial charge on any atom is -0.372 e. The molecule has 0 bridgehead atoms. The highest BCUT2D eigenvalue weighted by molar-refractivity contribution is 4.92. The lowest BCUT2D eigenvalue weighted by Crippen LogP contribution is -2.33. The Hall–Kier alpha value is -0.380. The van der Waals surface area contributed by atoms with E-state index in [-0.39, 0.29) is 0 Å². The smallest absolute Gasteiger partial charge is 0.0707 e. The van der Waals surface area contributed by atoms with E-state index in [2.05, 4.69) is 30.8 Å². The van der Waals surface area contributed by atoms with Gasteiger partial charge in [-0.1, -0.05) is 12.2 Å². The quantitative estimate of drug-likeness (QED) is 0.684. The van der Waals surface area contributed by atoms with Gasteiger partial charge >= 0.3 is 0 Å². The second-order valence-corrected chi connectivity index (χ2v) is 5.79. The number of nitrogens with zero attached hydrogens (tertiary/aromatic N) is 1. The van der Waals surface area contributed by atoms with Crippen molar-refractivity contribution >= 4 is 0 Å². The Labute approximate surface area is 105 Å². The van der Waals surface area contributed by atoms with Crippen molar-refractivity contribution in [3.63, 3.8) is 0 Å². The van der Waals surface area contributed by atoms with Crippen LogP contribution in [0.4, 0.5) is 0 Å². The Kier molecular flexibility index (Phi) is 4.60. The molecule has 1 N–H and O–H groups in total. The van der Waals surface area contributed by atoms with Crippen LogP contribution >= 0.6 is 0 Å². The van der Waals surface area contributed by atoms with Crippen LogP contribution in [0.3, 0.4) is 0 Å². The van der Waals surface area contributed by atoms with Crippen molar-refractivity contribution < 1.29 is 4.74 Å². The van der Waals surface area contributed by atoms with Crippen LogP contribution < -0.4 is 5.32 Å². The Bertz CT molecular complexity index is 263. The monoisotopic (exact) mass is 238 g/mol. The summed E-state index contributed by atoms with van der Waals surface area (Å²) >= 11 is 0. The van der Waals surface area contributed by atoms with Gasteiger partial charge in [0.05, 0.1) is 12.2 Å². The minimum absolute atomic E-state index is 0.422. The Morgan fingerprint density at radius 3 is 2.65 bits per heavy atom. The van der Waals surface area contributed by atoms with Crippen LogP contribution in [0.2, 0.25) is 0 Å². The summed E-state index contributed by atoms with van der Waals surface area (Å²) in [5.74, 6) is 0. The molecule has 1 aliphatic carbocycles. The third-order valence-electron chi connectivity index (χ3n) is 3.46. The standard InChI is InChI=1S/C14H26N2O/c1-11(2)9-16(3)10-14-7-6-13(17-14)8-15-12-4-5-12/h12-15H,1,4-10H2,2-3H3. The number of rotatable bonds is 7. The molecule has 3 nitrogen and oxygen atoms in total. The van der Waals surface area contributed by atoms with E-state index in [1.54, 1.807) is 0 Å². The van der Waals surface area contributed by atoms with Crippen LogP contribution in [0.1, 0.15) is 32.6 Å². The molecule has 2 aliphatic rings. The van der Waals surface area contributed by atoms with Crippen LogP contribution in [0.25, 0.3) is 0 Å². The first-order valence-corrected chi connectivity index (χ1v) is 6.85. The predicted octanol–water partition coefficient (Wildman–Crippen LogP) is 1.79. The van der Waals surface area contributed by atoms with Gasteiger partial charge in [-0.05, 0) is 39.7 Å². The van der Waals surface area contributed by atoms with Crippen LogP contribution in [0.15, 0.2) is 12.2 Å². The van der Waals surface area contributed by atoms with Crippen molar-refractivity contribution in [2.45, 2.75) is 50.9 Å². The van der Waals surface area contributed by atoms with Gasteiger partial charge in [0.2, 0.25) is 0 Å². The fraction of sp³-hybridized carbons (Fsp3) is 0.857. The lowest BCUT2D eigenvalue weighted by atomic mass is 10.2. The number of hydrogen-bond donors (Lipinski definition) is 1. The molecular formula is C14H26N2O. The van der Waals surface area contributed by atoms with Crippen molar-refractivity contribution in [3.8, 4) is 0 Å². The largest absolute Gasteiger partial charge is 0.372 e. The fourth-order valence-electron chi connectivity index (χ4n) is 2.52. The van der Waals surface area contributed by atoms with Crippen LogP contribution in [-0.4, -0.2) is 49.8 Å². The summed E-state index contributed by atoms with van der Waals surface area (Å²) in [5.41, 5.74) is 1.22. The third-order valence-corrected chi connectivity index (χ3v) is 3.46. The Morgan fingerprint density at radius 1 is 1.29 bits per heavy atom. The molecule has 1 heterocycles. The molecule has 2 rings (SSSR count). The Morgan fingerprint density at radius 2 is 2.00 bits per heavy atom. The fourth-order valence-corrected chi connectivity index (χ4v) is 2.52. The molecule has 1 saturated heterocycles. The summed E-state index contributed by atoms with van der Waals surface area (Å²) in [4.78, 5) is 2.31. The summed E-state index contributed by atoms with van der Waals surface area (Å²) in [6.45, 7) is 9.08. The molecule has 0 amide bonds. The van der Waals surface area contributed by atoms with Crippen molar-refractivity contribution in [3.05, 3.63) is 12.2 Å². The first-order valence-electron chi connectivity index (χ1n) is 6.85. The maximum atomic E-state index is 6.06. The normalized spacial score (nSPS) is 28.9. The van der Waals surface area contributed by atoms with Gasteiger partial charge in [0, 0.05) is 25.7 Å². The molecule has 0 radical (unpaired) electrons. The average Bonchev–Trinajstić information content (AvgIpc) is 2.96. The topological polar surface area (TPSA) is 24.5 Å². The van der Waals surface area contributed by atoms with Crippen LogP contribution in [-0.2, 0) is 4.74 Å². The van der Waals surface area contributed by atoms with Gasteiger partial charge in [-0.2, -0.15) is 0 Å². The average molecular weight is 238 g/mol. The molecule has 2 fully saturated rings. The van der Waals surface area contributed by atoms with Crippen molar-refractivity contribution in [2.75, 3.05) is 26.7 Å². The SMILES string of the molecule is C=C(C)CN(C)CC1CCC(CNC2CC2)O1. The van der Waals surface area contributed by atoms with Crippen molar-refractivity contribution in [1.82, 2.24) is 10.2 Å². The van der Waals surface area contributed by atoms with E-state index < -0.39 is 0 Å². The molecule has 0 aromatic carbocycles. The number of nitrogens with one attached hydrogen (secondary N) is 1. The van der Waals surface area contributed by atoms with E-state index in [1.807, 2.05) is 0 Å².